The van der Waals surface area contributed by atoms with Gasteiger partial charge in [-0.1, -0.05) is 58.4 Å². The first-order valence-corrected chi connectivity index (χ1v) is 6.19. The quantitative estimate of drug-likeness (QED) is 0.399. The zero-order valence-electron chi connectivity index (χ0n) is 11.2. The minimum absolute atomic E-state index is 0.673. The van der Waals surface area contributed by atoms with E-state index in [1.165, 1.54) is 0 Å². The molecule has 0 radical (unpaired) electrons. The zero-order chi connectivity index (χ0) is 12.6. The third-order valence-electron chi connectivity index (χ3n) is 1.74. The first-order valence-electron chi connectivity index (χ1n) is 6.19. The van der Waals surface area contributed by atoms with Crippen molar-refractivity contribution >= 4 is 6.41 Å². The minimum atomic E-state index is 0.673. The summed E-state index contributed by atoms with van der Waals surface area (Å²) in [4.78, 5) is 9.57. The number of carbonyl (C=O) groups excluding carboxylic acids is 1. The molecule has 2 heteroatoms. The standard InChI is InChI=1S/C9H16.C5H11NO/c1-4-5-6-7-8-9(2)3;1-2-3-4-6-5-7/h5-9H,4H2,1-3H3;5H,2-4H2,1H3,(H,6,7)/b6-5-,8-7-;. The average molecular weight is 225 g/mol. The van der Waals surface area contributed by atoms with Crippen molar-refractivity contribution in [1.82, 2.24) is 5.32 Å². The van der Waals surface area contributed by atoms with Crippen LogP contribution in [0.5, 0.6) is 0 Å². The summed E-state index contributed by atoms with van der Waals surface area (Å²) in [5, 5.41) is 2.57. The Bertz CT molecular complexity index is 183. The molecular formula is C14H27NO. The zero-order valence-corrected chi connectivity index (χ0v) is 11.2. The van der Waals surface area contributed by atoms with Gasteiger partial charge in [0.05, 0.1) is 0 Å². The molecule has 0 aliphatic carbocycles. The van der Waals surface area contributed by atoms with Crippen molar-refractivity contribution in [3.8, 4) is 0 Å². The van der Waals surface area contributed by atoms with E-state index in [1.807, 2.05) is 0 Å². The van der Waals surface area contributed by atoms with E-state index in [4.69, 9.17) is 0 Å². The third kappa shape index (κ3) is 23.1. The van der Waals surface area contributed by atoms with E-state index in [0.717, 1.165) is 32.2 Å². The molecule has 1 N–H and O–H groups in total. The summed E-state index contributed by atoms with van der Waals surface area (Å²) < 4.78 is 0. The average Bonchev–Trinajstić information content (AvgIpc) is 2.26. The molecule has 0 aliphatic rings. The van der Waals surface area contributed by atoms with E-state index in [0.29, 0.717) is 5.92 Å². The normalized spacial score (nSPS) is 10.6. The summed E-state index contributed by atoms with van der Waals surface area (Å²) in [7, 11) is 0. The van der Waals surface area contributed by atoms with E-state index in [9.17, 15) is 4.79 Å². The predicted octanol–water partition coefficient (Wildman–Crippen LogP) is 3.70. The molecule has 1 amide bonds. The first kappa shape index (κ1) is 17.3. The van der Waals surface area contributed by atoms with Crippen molar-refractivity contribution in [1.29, 1.82) is 0 Å². The van der Waals surface area contributed by atoms with Crippen LogP contribution < -0.4 is 5.32 Å². The highest BCUT2D eigenvalue weighted by atomic mass is 16.1. The van der Waals surface area contributed by atoms with Gasteiger partial charge < -0.3 is 5.32 Å². The number of carbonyl (C=O) groups is 1. The predicted molar refractivity (Wildman–Crippen MR) is 72.4 cm³/mol. The van der Waals surface area contributed by atoms with Crippen LogP contribution in [0.1, 0.15) is 47.0 Å². The maximum absolute atomic E-state index is 9.57. The van der Waals surface area contributed by atoms with E-state index in [2.05, 4.69) is 57.3 Å². The number of allylic oxidation sites excluding steroid dienone is 4. The van der Waals surface area contributed by atoms with Gasteiger partial charge in [-0.25, -0.2) is 0 Å². The van der Waals surface area contributed by atoms with Crippen LogP contribution in [0.2, 0.25) is 0 Å². The Morgan fingerprint density at radius 3 is 2.31 bits per heavy atom. The topological polar surface area (TPSA) is 29.1 Å². The third-order valence-corrected chi connectivity index (χ3v) is 1.74. The first-order chi connectivity index (χ1) is 7.68. The Kier molecular flexibility index (Phi) is 17.8. The summed E-state index contributed by atoms with van der Waals surface area (Å²) in [6, 6.07) is 0. The maximum atomic E-state index is 9.57. The van der Waals surface area contributed by atoms with Gasteiger partial charge in [-0.2, -0.15) is 0 Å². The van der Waals surface area contributed by atoms with Crippen molar-refractivity contribution in [2.75, 3.05) is 6.54 Å². The molecule has 0 unspecified atom stereocenters. The summed E-state index contributed by atoms with van der Waals surface area (Å²) in [5.74, 6) is 0.673. The minimum Gasteiger partial charge on any atom is -0.359 e. The lowest BCUT2D eigenvalue weighted by Crippen LogP contribution is -2.11. The van der Waals surface area contributed by atoms with Gasteiger partial charge in [0.2, 0.25) is 6.41 Å². The molecule has 0 aromatic carbocycles. The number of unbranched alkanes of at least 4 members (excludes halogenated alkanes) is 1. The van der Waals surface area contributed by atoms with Crippen molar-refractivity contribution in [2.24, 2.45) is 5.92 Å². The second-order valence-corrected chi connectivity index (χ2v) is 3.89. The molecule has 0 aromatic heterocycles. The van der Waals surface area contributed by atoms with E-state index >= 15 is 0 Å². The number of rotatable bonds is 7. The van der Waals surface area contributed by atoms with Gasteiger partial charge in [-0.05, 0) is 18.8 Å². The van der Waals surface area contributed by atoms with Crippen LogP contribution in [0.15, 0.2) is 24.3 Å². The van der Waals surface area contributed by atoms with Gasteiger partial charge in [0.1, 0.15) is 0 Å². The fourth-order valence-corrected chi connectivity index (χ4v) is 0.839. The maximum Gasteiger partial charge on any atom is 0.207 e. The molecule has 0 saturated heterocycles. The largest absolute Gasteiger partial charge is 0.359 e. The molecule has 0 rings (SSSR count). The molecular weight excluding hydrogens is 198 g/mol. The molecule has 0 aliphatic heterocycles. The van der Waals surface area contributed by atoms with Crippen LogP contribution in [-0.2, 0) is 4.79 Å². The second-order valence-electron chi connectivity index (χ2n) is 3.89. The van der Waals surface area contributed by atoms with E-state index < -0.39 is 0 Å². The highest BCUT2D eigenvalue weighted by molar-refractivity contribution is 5.45. The molecule has 0 spiro atoms. The summed E-state index contributed by atoms with van der Waals surface area (Å²) in [5.41, 5.74) is 0. The van der Waals surface area contributed by atoms with Crippen LogP contribution >= 0.6 is 0 Å². The number of nitrogens with one attached hydrogen (secondary N) is 1. The lowest BCUT2D eigenvalue weighted by molar-refractivity contribution is -0.109. The Morgan fingerprint density at radius 2 is 1.88 bits per heavy atom. The highest BCUT2D eigenvalue weighted by Crippen LogP contribution is 1.93. The molecule has 0 atom stereocenters. The Morgan fingerprint density at radius 1 is 1.19 bits per heavy atom. The number of hydrogen-bond acceptors (Lipinski definition) is 1. The van der Waals surface area contributed by atoms with Crippen LogP contribution in [0.3, 0.4) is 0 Å². The van der Waals surface area contributed by atoms with Gasteiger partial charge >= 0.3 is 0 Å². The summed E-state index contributed by atoms with van der Waals surface area (Å²) in [6.07, 6.45) is 12.6. The fraction of sp³-hybridized carbons (Fsp3) is 0.643. The van der Waals surface area contributed by atoms with Gasteiger partial charge in [0.25, 0.3) is 0 Å². The molecule has 2 nitrogen and oxygen atoms in total. The lowest BCUT2D eigenvalue weighted by Gasteiger charge is -1.90. The fourth-order valence-electron chi connectivity index (χ4n) is 0.839. The molecule has 0 aromatic rings. The van der Waals surface area contributed by atoms with Crippen molar-refractivity contribution in [3.05, 3.63) is 24.3 Å². The van der Waals surface area contributed by atoms with Gasteiger partial charge in [-0.3, -0.25) is 4.79 Å². The lowest BCUT2D eigenvalue weighted by atomic mass is 10.2. The Hall–Kier alpha value is -1.05. The number of hydrogen-bond donors (Lipinski definition) is 1. The van der Waals surface area contributed by atoms with Crippen LogP contribution in [-0.4, -0.2) is 13.0 Å². The smallest absolute Gasteiger partial charge is 0.207 e. The van der Waals surface area contributed by atoms with Gasteiger partial charge in [0.15, 0.2) is 0 Å². The van der Waals surface area contributed by atoms with Crippen LogP contribution in [0.25, 0.3) is 0 Å². The molecule has 0 fully saturated rings. The second kappa shape index (κ2) is 16.4. The van der Waals surface area contributed by atoms with E-state index in [-0.39, 0.29) is 0 Å². The monoisotopic (exact) mass is 225 g/mol. The van der Waals surface area contributed by atoms with Crippen LogP contribution in [0, 0.1) is 5.92 Å². The highest BCUT2D eigenvalue weighted by Gasteiger charge is 1.78. The summed E-state index contributed by atoms with van der Waals surface area (Å²) >= 11 is 0. The van der Waals surface area contributed by atoms with Crippen LogP contribution in [0.4, 0.5) is 0 Å². The molecule has 94 valence electrons. The Balaban J connectivity index is 0. The summed E-state index contributed by atoms with van der Waals surface area (Å²) in [6.45, 7) is 9.40. The molecule has 0 bridgehead atoms. The number of amides is 1. The molecule has 16 heavy (non-hydrogen) atoms. The van der Waals surface area contributed by atoms with Gasteiger partial charge in [-0.15, -0.1) is 0 Å². The van der Waals surface area contributed by atoms with Gasteiger partial charge in [0, 0.05) is 6.54 Å². The van der Waals surface area contributed by atoms with Crippen molar-refractivity contribution < 1.29 is 4.79 Å². The van der Waals surface area contributed by atoms with E-state index in [1.54, 1.807) is 0 Å². The SMILES string of the molecule is CC/C=C\C=C/C(C)C.CCCCNC=O. The molecule has 0 heterocycles. The van der Waals surface area contributed by atoms with Crippen molar-refractivity contribution in [2.45, 2.75) is 47.0 Å². The van der Waals surface area contributed by atoms with Crippen molar-refractivity contribution in [3.63, 3.8) is 0 Å². The molecule has 0 saturated carbocycles. The Labute approximate surface area is 101 Å².